The van der Waals surface area contributed by atoms with Crippen LogP contribution in [0.3, 0.4) is 0 Å². The highest BCUT2D eigenvalue weighted by Gasteiger charge is 2.50. The number of fused-ring (bicyclic) bond motifs is 3. The highest BCUT2D eigenvalue weighted by Crippen LogP contribution is 2.44. The first-order valence-corrected chi connectivity index (χ1v) is 12.4. The largest absolute Gasteiger partial charge is 0.444 e. The fourth-order valence-electron chi connectivity index (χ4n) is 4.36. The van der Waals surface area contributed by atoms with E-state index in [2.05, 4.69) is 9.97 Å². The number of anilines is 1. The molecular formula is C24H28F2N4O5S. The molecule has 12 heteroatoms. The number of carbonyl (C=O) groups excluding carboxylic acids is 1. The second-order valence-electron chi connectivity index (χ2n) is 10.6. The Kier molecular flexibility index (Phi) is 5.67. The van der Waals surface area contributed by atoms with Crippen LogP contribution in [0.2, 0.25) is 0 Å². The van der Waals surface area contributed by atoms with Gasteiger partial charge in [0.25, 0.3) is 0 Å². The molecule has 0 spiro atoms. The molecule has 3 aromatic rings. The normalized spacial score (nSPS) is 20.4. The van der Waals surface area contributed by atoms with Gasteiger partial charge in [0, 0.05) is 13.1 Å². The van der Waals surface area contributed by atoms with Gasteiger partial charge in [-0.25, -0.2) is 14.8 Å². The molecule has 2 unspecified atom stereocenters. The molecule has 5 heterocycles. The number of amides is 1. The maximum Gasteiger partial charge on any atom is 0.426 e. The fraction of sp³-hybridized carbons (Fsp3) is 0.542. The molecule has 6 rings (SSSR count). The lowest BCUT2D eigenvalue weighted by molar-refractivity contribution is -0.275. The Morgan fingerprint density at radius 1 is 1.19 bits per heavy atom. The summed E-state index contributed by atoms with van der Waals surface area (Å²) in [7, 11) is 0. The van der Waals surface area contributed by atoms with Crippen molar-refractivity contribution in [3.8, 4) is 17.2 Å². The summed E-state index contributed by atoms with van der Waals surface area (Å²) in [5.41, 5.74) is -2.17. The summed E-state index contributed by atoms with van der Waals surface area (Å²) in [4.78, 5) is 25.3. The molecule has 1 aromatic carbocycles. The molecule has 3 aliphatic heterocycles. The third kappa shape index (κ3) is 4.36. The van der Waals surface area contributed by atoms with Crippen LogP contribution in [0.15, 0.2) is 29.0 Å². The van der Waals surface area contributed by atoms with E-state index < -0.39 is 17.3 Å². The number of thiazole rings is 1. The van der Waals surface area contributed by atoms with Crippen molar-refractivity contribution in [2.45, 2.75) is 70.4 Å². The number of rotatable bonds is 5. The van der Waals surface area contributed by atoms with Crippen molar-refractivity contribution in [2.75, 3.05) is 18.0 Å². The summed E-state index contributed by atoms with van der Waals surface area (Å²) in [5, 5.41) is 10.5. The number of aliphatic hydroxyl groups is 1. The second kappa shape index (κ2) is 8.27. The topological polar surface area (TPSA) is 101 Å². The highest BCUT2D eigenvalue weighted by atomic mass is 32.1. The van der Waals surface area contributed by atoms with E-state index in [1.54, 1.807) is 11.0 Å². The number of aromatic nitrogens is 2. The molecule has 3 aliphatic rings. The van der Waals surface area contributed by atoms with Crippen LogP contribution in [-0.2, 0) is 4.74 Å². The number of halogens is 2. The number of nitrogens with zero attached hydrogens (tertiary/aromatic N) is 4. The number of benzene rings is 1. The van der Waals surface area contributed by atoms with Crippen molar-refractivity contribution in [1.82, 2.24) is 14.9 Å². The van der Waals surface area contributed by atoms with Gasteiger partial charge in [0.15, 0.2) is 16.5 Å². The zero-order valence-corrected chi connectivity index (χ0v) is 21.4. The van der Waals surface area contributed by atoms with Crippen molar-refractivity contribution in [2.24, 2.45) is 0 Å². The van der Waals surface area contributed by atoms with E-state index in [0.29, 0.717) is 34.4 Å². The van der Waals surface area contributed by atoms with Crippen molar-refractivity contribution < 1.29 is 32.6 Å². The first-order chi connectivity index (χ1) is 16.7. The SMILES string of the molecule is CC(C)(C)OC(=O)N1C2CC1CN(c1nc3c(OC(F)(F)C(C)(C)O)ccc(-c4ncco4)c3s1)C2. The Balaban J connectivity index is 1.46. The smallest absolute Gasteiger partial charge is 0.426 e. The average Bonchev–Trinajstić information content (AvgIpc) is 3.42. The van der Waals surface area contributed by atoms with Crippen molar-refractivity contribution in [3.63, 3.8) is 0 Å². The first kappa shape index (κ1) is 24.7. The zero-order chi connectivity index (χ0) is 26.0. The molecule has 3 fully saturated rings. The van der Waals surface area contributed by atoms with E-state index in [0.717, 1.165) is 20.3 Å². The van der Waals surface area contributed by atoms with E-state index in [9.17, 15) is 18.7 Å². The van der Waals surface area contributed by atoms with Crippen LogP contribution in [0.5, 0.6) is 5.75 Å². The lowest BCUT2D eigenvalue weighted by Crippen LogP contribution is -2.70. The van der Waals surface area contributed by atoms with E-state index >= 15 is 0 Å². The molecule has 2 atom stereocenters. The van der Waals surface area contributed by atoms with Crippen LogP contribution >= 0.6 is 11.3 Å². The van der Waals surface area contributed by atoms with Crippen LogP contribution < -0.4 is 9.64 Å². The number of alkyl halides is 2. The number of oxazole rings is 1. The Bertz CT molecular complexity index is 1270. The molecule has 2 aromatic heterocycles. The average molecular weight is 523 g/mol. The summed E-state index contributed by atoms with van der Waals surface area (Å²) in [5.74, 6) is 0.168. The summed E-state index contributed by atoms with van der Waals surface area (Å²) in [6.45, 7) is 8.55. The highest BCUT2D eigenvalue weighted by molar-refractivity contribution is 7.22. The summed E-state index contributed by atoms with van der Waals surface area (Å²) in [6.07, 6.45) is -0.384. The predicted molar refractivity (Wildman–Crippen MR) is 129 cm³/mol. The molecule has 9 nitrogen and oxygen atoms in total. The monoisotopic (exact) mass is 522 g/mol. The van der Waals surface area contributed by atoms with Crippen molar-refractivity contribution in [3.05, 3.63) is 24.6 Å². The minimum absolute atomic E-state index is 0.0212. The predicted octanol–water partition coefficient (Wildman–Crippen LogP) is 4.89. The molecular weight excluding hydrogens is 494 g/mol. The van der Waals surface area contributed by atoms with Gasteiger partial charge in [0.1, 0.15) is 17.4 Å². The van der Waals surface area contributed by atoms with Gasteiger partial charge in [-0.3, -0.25) is 4.90 Å². The van der Waals surface area contributed by atoms with Crippen molar-refractivity contribution in [1.29, 1.82) is 0 Å². The number of piperazine rings is 1. The quantitative estimate of drug-likeness (QED) is 0.506. The van der Waals surface area contributed by atoms with Gasteiger partial charge in [0.2, 0.25) is 5.89 Å². The maximum atomic E-state index is 14.6. The lowest BCUT2D eigenvalue weighted by Gasteiger charge is -2.55. The van der Waals surface area contributed by atoms with Crippen LogP contribution in [-0.4, -0.2) is 68.6 Å². The van der Waals surface area contributed by atoms with Gasteiger partial charge >= 0.3 is 12.2 Å². The number of ether oxygens (including phenoxy) is 2. The molecule has 1 N–H and O–H groups in total. The lowest BCUT2D eigenvalue weighted by atomic mass is 9.88. The third-order valence-corrected chi connectivity index (χ3v) is 7.33. The van der Waals surface area contributed by atoms with Crippen molar-refractivity contribution >= 4 is 32.8 Å². The molecule has 0 radical (unpaired) electrons. The van der Waals surface area contributed by atoms with Crippen LogP contribution in [0.4, 0.5) is 18.7 Å². The minimum Gasteiger partial charge on any atom is -0.444 e. The molecule has 0 aliphatic carbocycles. The minimum atomic E-state index is -3.85. The maximum absolute atomic E-state index is 14.6. The summed E-state index contributed by atoms with van der Waals surface area (Å²) >= 11 is 1.31. The zero-order valence-electron chi connectivity index (χ0n) is 20.6. The molecule has 194 valence electrons. The molecule has 36 heavy (non-hydrogen) atoms. The molecule has 3 saturated heterocycles. The van der Waals surface area contributed by atoms with Gasteiger partial charge < -0.3 is 23.9 Å². The van der Waals surface area contributed by atoms with E-state index in [1.165, 1.54) is 29.9 Å². The van der Waals surface area contributed by atoms with E-state index in [1.807, 2.05) is 25.7 Å². The Morgan fingerprint density at radius 2 is 1.89 bits per heavy atom. The van der Waals surface area contributed by atoms with Gasteiger partial charge in [0.05, 0.1) is 28.5 Å². The fourth-order valence-corrected chi connectivity index (χ4v) is 5.46. The van der Waals surface area contributed by atoms with Gasteiger partial charge in [-0.1, -0.05) is 11.3 Å². The molecule has 2 bridgehead atoms. The van der Waals surface area contributed by atoms with Crippen LogP contribution in [0.1, 0.15) is 41.0 Å². The van der Waals surface area contributed by atoms with E-state index in [-0.39, 0.29) is 29.4 Å². The summed E-state index contributed by atoms with van der Waals surface area (Å²) < 4.78 is 45.7. The Hall–Kier alpha value is -2.99. The molecule has 0 saturated carbocycles. The Labute approximate surface area is 210 Å². The second-order valence-corrected chi connectivity index (χ2v) is 11.6. The van der Waals surface area contributed by atoms with Gasteiger partial charge in [-0.2, -0.15) is 8.78 Å². The van der Waals surface area contributed by atoms with Crippen LogP contribution in [0.25, 0.3) is 21.7 Å². The first-order valence-electron chi connectivity index (χ1n) is 11.6. The standard InChI is InChI=1S/C24H28F2N4O5S/c1-22(2,3)35-21(31)30-13-10-14(30)12-29(11-13)20-28-17-16(34-24(25,26)23(4,5)32)7-6-15(18(17)36-20)19-27-8-9-33-19/h6-9,13-14,32H,10-12H2,1-5H3. The van der Waals surface area contributed by atoms with Crippen LogP contribution in [0, 0.1) is 0 Å². The number of piperidine rings is 1. The van der Waals surface area contributed by atoms with Gasteiger partial charge in [-0.05, 0) is 53.2 Å². The number of carbonyl (C=O) groups is 1. The van der Waals surface area contributed by atoms with Gasteiger partial charge in [-0.15, -0.1) is 0 Å². The number of hydrogen-bond donors (Lipinski definition) is 1. The number of hydrogen-bond acceptors (Lipinski definition) is 9. The van der Waals surface area contributed by atoms with E-state index in [4.69, 9.17) is 13.9 Å². The summed E-state index contributed by atoms with van der Waals surface area (Å²) in [6, 6.07) is 2.92. The molecule has 1 amide bonds. The Morgan fingerprint density at radius 3 is 2.47 bits per heavy atom. The third-order valence-electron chi connectivity index (χ3n) is 6.18.